The van der Waals surface area contributed by atoms with Crippen LogP contribution in [0.5, 0.6) is 5.75 Å². The summed E-state index contributed by atoms with van der Waals surface area (Å²) in [7, 11) is 0. The third-order valence-electron chi connectivity index (χ3n) is 2.45. The molecule has 2 rings (SSSR count). The van der Waals surface area contributed by atoms with Crippen molar-refractivity contribution in [3.63, 3.8) is 0 Å². The van der Waals surface area contributed by atoms with Crippen molar-refractivity contribution in [1.82, 2.24) is 0 Å². The minimum atomic E-state index is -0.364. The molecule has 2 N–H and O–H groups in total. The molecule has 0 aliphatic carbocycles. The van der Waals surface area contributed by atoms with Crippen LogP contribution in [0.4, 0.5) is 10.1 Å². The summed E-state index contributed by atoms with van der Waals surface area (Å²) < 4.78 is 12.9. The van der Waals surface area contributed by atoms with Crippen molar-refractivity contribution >= 4 is 28.9 Å². The van der Waals surface area contributed by atoms with Gasteiger partial charge in [0.2, 0.25) is 0 Å². The summed E-state index contributed by atoms with van der Waals surface area (Å²) in [6.07, 6.45) is 0. The molecule has 2 aromatic rings. The average molecular weight is 286 g/mol. The van der Waals surface area contributed by atoms with Crippen molar-refractivity contribution in [2.45, 2.75) is 6.54 Å². The molecule has 0 saturated heterocycles. The maximum Gasteiger partial charge on any atom is 0.134 e. The Labute approximate surface area is 114 Å². The molecule has 0 atom stereocenters. The third kappa shape index (κ3) is 3.06. The number of hydrogen-bond acceptors (Lipinski definition) is 2. The monoisotopic (exact) mass is 285 g/mol. The second-order valence-electron chi connectivity index (χ2n) is 3.76. The number of rotatable bonds is 3. The van der Waals surface area contributed by atoms with Gasteiger partial charge in [0, 0.05) is 17.3 Å². The minimum absolute atomic E-state index is 0.0297. The van der Waals surface area contributed by atoms with Crippen LogP contribution >= 0.6 is 23.2 Å². The molecule has 0 unspecified atom stereocenters. The highest BCUT2D eigenvalue weighted by molar-refractivity contribution is 6.32. The zero-order valence-corrected chi connectivity index (χ0v) is 10.8. The Morgan fingerprint density at radius 2 is 1.83 bits per heavy atom. The summed E-state index contributed by atoms with van der Waals surface area (Å²) >= 11 is 11.7. The van der Waals surface area contributed by atoms with Crippen LogP contribution in [0, 0.1) is 5.82 Å². The first-order chi connectivity index (χ1) is 8.56. The van der Waals surface area contributed by atoms with Crippen LogP contribution in [0.2, 0.25) is 10.0 Å². The van der Waals surface area contributed by atoms with E-state index in [4.69, 9.17) is 23.2 Å². The SMILES string of the molecule is Oc1ccc(NCc2ccc(F)cc2Cl)cc1Cl. The number of phenols is 1. The minimum Gasteiger partial charge on any atom is -0.506 e. The maximum atomic E-state index is 12.9. The number of halogens is 3. The lowest BCUT2D eigenvalue weighted by molar-refractivity contribution is 0.475. The largest absolute Gasteiger partial charge is 0.506 e. The number of anilines is 1. The zero-order valence-electron chi connectivity index (χ0n) is 9.25. The first-order valence-corrected chi connectivity index (χ1v) is 5.98. The molecule has 5 heteroatoms. The van der Waals surface area contributed by atoms with Gasteiger partial charge < -0.3 is 10.4 Å². The fourth-order valence-corrected chi connectivity index (χ4v) is 1.89. The number of nitrogens with one attached hydrogen (secondary N) is 1. The van der Waals surface area contributed by atoms with Crippen molar-refractivity contribution in [1.29, 1.82) is 0 Å². The molecule has 2 nitrogen and oxygen atoms in total. The molecule has 0 heterocycles. The Hall–Kier alpha value is -1.45. The van der Waals surface area contributed by atoms with Crippen molar-refractivity contribution in [2.75, 3.05) is 5.32 Å². The van der Waals surface area contributed by atoms with E-state index in [-0.39, 0.29) is 16.6 Å². The molecule has 18 heavy (non-hydrogen) atoms. The van der Waals surface area contributed by atoms with E-state index < -0.39 is 0 Å². The van der Waals surface area contributed by atoms with E-state index in [0.29, 0.717) is 11.6 Å². The summed E-state index contributed by atoms with van der Waals surface area (Å²) in [5.74, 6) is -0.335. The Balaban J connectivity index is 2.09. The van der Waals surface area contributed by atoms with Gasteiger partial charge in [0.25, 0.3) is 0 Å². The lowest BCUT2D eigenvalue weighted by Crippen LogP contribution is -2.00. The molecule has 0 amide bonds. The standard InChI is InChI=1S/C13H10Cl2FNO/c14-11-5-9(16)2-1-8(11)7-17-10-3-4-13(18)12(15)6-10/h1-6,17-18H,7H2. The van der Waals surface area contributed by atoms with Gasteiger partial charge in [-0.05, 0) is 35.9 Å². The molecule has 0 aliphatic rings. The molecule has 0 spiro atoms. The molecule has 0 aromatic heterocycles. The van der Waals surface area contributed by atoms with Gasteiger partial charge in [0.1, 0.15) is 11.6 Å². The van der Waals surface area contributed by atoms with Gasteiger partial charge in [0.15, 0.2) is 0 Å². The third-order valence-corrected chi connectivity index (χ3v) is 3.10. The van der Waals surface area contributed by atoms with Crippen LogP contribution in [0.15, 0.2) is 36.4 Å². The summed E-state index contributed by atoms with van der Waals surface area (Å²) in [6, 6.07) is 9.03. The van der Waals surface area contributed by atoms with Gasteiger partial charge in [-0.25, -0.2) is 4.39 Å². The number of benzene rings is 2. The first-order valence-electron chi connectivity index (χ1n) is 5.22. The molecule has 0 bridgehead atoms. The first kappa shape index (κ1) is 13.0. The van der Waals surface area contributed by atoms with E-state index in [9.17, 15) is 9.50 Å². The number of hydrogen-bond donors (Lipinski definition) is 2. The van der Waals surface area contributed by atoms with E-state index in [2.05, 4.69) is 5.32 Å². The smallest absolute Gasteiger partial charge is 0.134 e. The maximum absolute atomic E-state index is 12.9. The molecular weight excluding hydrogens is 276 g/mol. The molecule has 0 saturated carbocycles. The lowest BCUT2D eigenvalue weighted by Gasteiger charge is -2.09. The predicted molar refractivity (Wildman–Crippen MR) is 71.9 cm³/mol. The van der Waals surface area contributed by atoms with Gasteiger partial charge in [-0.2, -0.15) is 0 Å². The molecule has 94 valence electrons. The fourth-order valence-electron chi connectivity index (χ4n) is 1.48. The summed E-state index contributed by atoms with van der Waals surface area (Å²) in [6.45, 7) is 0.445. The summed E-state index contributed by atoms with van der Waals surface area (Å²) in [5.41, 5.74) is 1.53. The van der Waals surface area contributed by atoms with Gasteiger partial charge in [-0.3, -0.25) is 0 Å². The number of phenolic OH excluding ortho intramolecular Hbond substituents is 1. The molecule has 0 fully saturated rings. The van der Waals surface area contributed by atoms with E-state index >= 15 is 0 Å². The zero-order chi connectivity index (χ0) is 13.1. The van der Waals surface area contributed by atoms with Crippen molar-refractivity contribution in [2.24, 2.45) is 0 Å². The Bertz CT molecular complexity index is 575. The average Bonchev–Trinajstić information content (AvgIpc) is 2.32. The molecule has 0 radical (unpaired) electrons. The van der Waals surface area contributed by atoms with Crippen molar-refractivity contribution in [3.8, 4) is 5.75 Å². The van der Waals surface area contributed by atoms with Gasteiger partial charge >= 0.3 is 0 Å². The van der Waals surface area contributed by atoms with Crippen molar-refractivity contribution in [3.05, 3.63) is 57.8 Å². The predicted octanol–water partition coefficient (Wildman–Crippen LogP) is 4.45. The van der Waals surface area contributed by atoms with Crippen LogP contribution in [-0.4, -0.2) is 5.11 Å². The molecule has 0 aliphatic heterocycles. The van der Waals surface area contributed by atoms with Crippen LogP contribution in [0.25, 0.3) is 0 Å². The van der Waals surface area contributed by atoms with E-state index in [1.165, 1.54) is 18.2 Å². The van der Waals surface area contributed by atoms with E-state index in [1.54, 1.807) is 18.2 Å². The second kappa shape index (κ2) is 5.46. The fraction of sp³-hybridized carbons (Fsp3) is 0.0769. The summed E-state index contributed by atoms with van der Waals surface area (Å²) in [5, 5.41) is 13.0. The Morgan fingerprint density at radius 1 is 1.06 bits per heavy atom. The van der Waals surface area contributed by atoms with Gasteiger partial charge in [-0.15, -0.1) is 0 Å². The van der Waals surface area contributed by atoms with E-state index in [0.717, 1.165) is 11.3 Å². The number of aromatic hydroxyl groups is 1. The van der Waals surface area contributed by atoms with E-state index in [1.807, 2.05) is 0 Å². The quantitative estimate of drug-likeness (QED) is 0.817. The van der Waals surface area contributed by atoms with Crippen molar-refractivity contribution < 1.29 is 9.50 Å². The normalized spacial score (nSPS) is 10.4. The van der Waals surface area contributed by atoms with Crippen LogP contribution in [-0.2, 0) is 6.54 Å². The highest BCUT2D eigenvalue weighted by atomic mass is 35.5. The molecular formula is C13H10Cl2FNO. The molecule has 2 aromatic carbocycles. The Morgan fingerprint density at radius 3 is 2.50 bits per heavy atom. The lowest BCUT2D eigenvalue weighted by atomic mass is 10.2. The second-order valence-corrected chi connectivity index (χ2v) is 4.57. The van der Waals surface area contributed by atoms with Crippen LogP contribution < -0.4 is 5.32 Å². The highest BCUT2D eigenvalue weighted by Gasteiger charge is 2.03. The van der Waals surface area contributed by atoms with Gasteiger partial charge in [-0.1, -0.05) is 29.3 Å². The van der Waals surface area contributed by atoms with Crippen LogP contribution in [0.1, 0.15) is 5.56 Å². The van der Waals surface area contributed by atoms with Crippen LogP contribution in [0.3, 0.4) is 0 Å². The Kier molecular flexibility index (Phi) is 3.94. The van der Waals surface area contributed by atoms with Gasteiger partial charge in [0.05, 0.1) is 5.02 Å². The summed E-state index contributed by atoms with van der Waals surface area (Å²) in [4.78, 5) is 0. The highest BCUT2D eigenvalue weighted by Crippen LogP contribution is 2.26. The topological polar surface area (TPSA) is 32.3 Å².